The van der Waals surface area contributed by atoms with Gasteiger partial charge in [-0.05, 0) is 43.5 Å². The first-order valence-corrected chi connectivity index (χ1v) is 8.23. The normalized spacial score (nSPS) is 11.6. The minimum Gasteiger partial charge on any atom is -0.466 e. The minimum absolute atomic E-state index is 0.0626. The molecule has 1 aromatic carbocycles. The maximum absolute atomic E-state index is 12.5. The molecule has 130 valence electrons. The third-order valence-electron chi connectivity index (χ3n) is 4.23. The zero-order valence-electron chi connectivity index (χ0n) is 15.3. The number of carbonyl (C=O) groups excluding carboxylic acids is 2. The van der Waals surface area contributed by atoms with Gasteiger partial charge in [-0.2, -0.15) is 0 Å². The Morgan fingerprint density at radius 3 is 2.46 bits per heavy atom. The van der Waals surface area contributed by atoms with Gasteiger partial charge in [0.1, 0.15) is 0 Å². The number of aryl methyl sites for hydroxylation is 1. The van der Waals surface area contributed by atoms with E-state index in [9.17, 15) is 9.59 Å². The van der Waals surface area contributed by atoms with Crippen LogP contribution in [0.5, 0.6) is 0 Å². The Balaban J connectivity index is 2.56. The number of fused-ring (bicyclic) bond motifs is 1. The van der Waals surface area contributed by atoms with E-state index in [1.165, 1.54) is 0 Å². The lowest BCUT2D eigenvalue weighted by atomic mass is 9.92. The number of ether oxygens (including phenoxy) is 1. The topological polar surface area (TPSA) is 71.2 Å². The van der Waals surface area contributed by atoms with Crippen molar-refractivity contribution in [3.63, 3.8) is 0 Å². The van der Waals surface area contributed by atoms with Crippen molar-refractivity contribution in [1.82, 2.24) is 4.98 Å². The Kier molecular flexibility index (Phi) is 5.02. The lowest BCUT2D eigenvalue weighted by Gasteiger charge is -2.21. The standard InChI is InChI=1S/C19H26N2O3/c1-7-24-15(22)10-14-11(2)13-8-9-20-17(13)16(12(14)3)21-18(23)19(4,5)6/h8-9,20H,7,10H2,1-6H3,(H,21,23). The number of nitrogens with one attached hydrogen (secondary N) is 2. The lowest BCUT2D eigenvalue weighted by Crippen LogP contribution is -2.28. The lowest BCUT2D eigenvalue weighted by molar-refractivity contribution is -0.142. The molecule has 0 unspecified atom stereocenters. The average Bonchev–Trinajstić information content (AvgIpc) is 2.96. The van der Waals surface area contributed by atoms with Crippen LogP contribution in [0.1, 0.15) is 44.4 Å². The zero-order valence-corrected chi connectivity index (χ0v) is 15.3. The number of H-pyrrole nitrogens is 1. The fraction of sp³-hybridized carbons (Fsp3) is 0.474. The SMILES string of the molecule is CCOC(=O)Cc1c(C)c(NC(=O)C(C)(C)C)c2[nH]ccc2c1C. The highest BCUT2D eigenvalue weighted by Gasteiger charge is 2.25. The number of aromatic amines is 1. The molecule has 0 spiro atoms. The number of carbonyl (C=O) groups is 2. The predicted octanol–water partition coefficient (Wildman–Crippen LogP) is 3.87. The summed E-state index contributed by atoms with van der Waals surface area (Å²) in [5.74, 6) is -0.320. The van der Waals surface area contributed by atoms with Crippen molar-refractivity contribution in [2.45, 2.75) is 48.0 Å². The van der Waals surface area contributed by atoms with Gasteiger partial charge in [-0.3, -0.25) is 9.59 Å². The first-order chi connectivity index (χ1) is 11.2. The number of benzene rings is 1. The molecule has 1 amide bonds. The third-order valence-corrected chi connectivity index (χ3v) is 4.23. The highest BCUT2D eigenvalue weighted by atomic mass is 16.5. The molecule has 0 radical (unpaired) electrons. The fourth-order valence-electron chi connectivity index (χ4n) is 2.75. The number of esters is 1. The van der Waals surface area contributed by atoms with Crippen LogP contribution in [0.25, 0.3) is 10.9 Å². The summed E-state index contributed by atoms with van der Waals surface area (Å²) in [4.78, 5) is 27.6. The van der Waals surface area contributed by atoms with Gasteiger partial charge in [0, 0.05) is 17.0 Å². The van der Waals surface area contributed by atoms with Crippen LogP contribution < -0.4 is 5.32 Å². The Bertz CT molecular complexity index is 782. The van der Waals surface area contributed by atoms with Gasteiger partial charge in [0.2, 0.25) is 5.91 Å². The smallest absolute Gasteiger partial charge is 0.310 e. The molecule has 0 fully saturated rings. The maximum Gasteiger partial charge on any atom is 0.310 e. The highest BCUT2D eigenvalue weighted by Crippen LogP contribution is 2.34. The van der Waals surface area contributed by atoms with Gasteiger partial charge in [0.05, 0.1) is 24.2 Å². The molecule has 1 heterocycles. The zero-order chi connectivity index (χ0) is 18.1. The Morgan fingerprint density at radius 2 is 1.88 bits per heavy atom. The van der Waals surface area contributed by atoms with Gasteiger partial charge in [-0.25, -0.2) is 0 Å². The van der Waals surface area contributed by atoms with Crippen molar-refractivity contribution < 1.29 is 14.3 Å². The van der Waals surface area contributed by atoms with E-state index >= 15 is 0 Å². The quantitative estimate of drug-likeness (QED) is 0.836. The molecule has 0 bridgehead atoms. The van der Waals surface area contributed by atoms with E-state index in [0.717, 1.165) is 33.3 Å². The monoisotopic (exact) mass is 330 g/mol. The molecular weight excluding hydrogens is 304 g/mol. The van der Waals surface area contributed by atoms with Gasteiger partial charge in [0.15, 0.2) is 0 Å². The summed E-state index contributed by atoms with van der Waals surface area (Å²) in [6.07, 6.45) is 2.04. The van der Waals surface area contributed by atoms with E-state index < -0.39 is 5.41 Å². The van der Waals surface area contributed by atoms with Crippen LogP contribution in [0.15, 0.2) is 12.3 Å². The molecule has 1 aromatic heterocycles. The number of hydrogen-bond acceptors (Lipinski definition) is 3. The number of aromatic nitrogens is 1. The van der Waals surface area contributed by atoms with Gasteiger partial charge < -0.3 is 15.0 Å². The van der Waals surface area contributed by atoms with Crippen molar-refractivity contribution in [2.75, 3.05) is 11.9 Å². The van der Waals surface area contributed by atoms with E-state index in [0.29, 0.717) is 6.61 Å². The van der Waals surface area contributed by atoms with Gasteiger partial charge >= 0.3 is 5.97 Å². The summed E-state index contributed by atoms with van der Waals surface area (Å²) in [6.45, 7) is 11.7. The molecule has 0 atom stereocenters. The summed E-state index contributed by atoms with van der Waals surface area (Å²) >= 11 is 0. The van der Waals surface area contributed by atoms with Gasteiger partial charge in [-0.15, -0.1) is 0 Å². The number of amides is 1. The molecule has 5 nitrogen and oxygen atoms in total. The molecule has 0 aliphatic rings. The largest absolute Gasteiger partial charge is 0.466 e. The van der Waals surface area contributed by atoms with Crippen LogP contribution in [-0.2, 0) is 20.7 Å². The first-order valence-electron chi connectivity index (χ1n) is 8.23. The second-order valence-corrected chi connectivity index (χ2v) is 7.06. The average molecular weight is 330 g/mol. The summed E-state index contributed by atoms with van der Waals surface area (Å²) in [5, 5.41) is 4.03. The molecule has 0 aliphatic heterocycles. The van der Waals surface area contributed by atoms with Gasteiger partial charge in [0.25, 0.3) is 0 Å². The summed E-state index contributed by atoms with van der Waals surface area (Å²) < 4.78 is 5.09. The third kappa shape index (κ3) is 3.45. The molecular formula is C19H26N2O3. The van der Waals surface area contributed by atoms with E-state index in [1.807, 2.05) is 46.9 Å². The Labute approximate surface area is 142 Å². The van der Waals surface area contributed by atoms with Crippen LogP contribution in [-0.4, -0.2) is 23.5 Å². The van der Waals surface area contributed by atoms with Crippen LogP contribution in [0.2, 0.25) is 0 Å². The second-order valence-electron chi connectivity index (χ2n) is 7.06. The summed E-state index contributed by atoms with van der Waals surface area (Å²) in [6, 6.07) is 1.96. The van der Waals surface area contributed by atoms with Crippen molar-refractivity contribution in [3.05, 3.63) is 29.0 Å². The fourth-order valence-corrected chi connectivity index (χ4v) is 2.75. The van der Waals surface area contributed by atoms with Crippen molar-refractivity contribution in [3.8, 4) is 0 Å². The number of rotatable bonds is 4. The van der Waals surface area contributed by atoms with Crippen molar-refractivity contribution in [2.24, 2.45) is 5.41 Å². The van der Waals surface area contributed by atoms with Crippen LogP contribution in [0, 0.1) is 19.3 Å². The molecule has 2 rings (SSSR count). The van der Waals surface area contributed by atoms with E-state index in [2.05, 4.69) is 10.3 Å². The molecule has 0 saturated heterocycles. The maximum atomic E-state index is 12.5. The predicted molar refractivity (Wildman–Crippen MR) is 96.2 cm³/mol. The highest BCUT2D eigenvalue weighted by molar-refractivity contribution is 6.05. The van der Waals surface area contributed by atoms with Crippen molar-refractivity contribution >= 4 is 28.5 Å². The van der Waals surface area contributed by atoms with Crippen LogP contribution in [0.3, 0.4) is 0 Å². The first kappa shape index (κ1) is 18.0. The molecule has 2 N–H and O–H groups in total. The number of anilines is 1. The molecule has 5 heteroatoms. The molecule has 0 aliphatic carbocycles. The second kappa shape index (κ2) is 6.67. The summed E-state index contributed by atoms with van der Waals surface area (Å²) in [5.41, 5.74) is 3.95. The molecule has 0 saturated carbocycles. The minimum atomic E-state index is -0.502. The Hall–Kier alpha value is -2.30. The Morgan fingerprint density at radius 1 is 1.21 bits per heavy atom. The number of hydrogen-bond donors (Lipinski definition) is 2. The molecule has 2 aromatic rings. The van der Waals surface area contributed by atoms with Crippen molar-refractivity contribution in [1.29, 1.82) is 0 Å². The van der Waals surface area contributed by atoms with Crippen LogP contribution in [0.4, 0.5) is 5.69 Å². The molecule has 24 heavy (non-hydrogen) atoms. The van der Waals surface area contributed by atoms with E-state index in [-0.39, 0.29) is 18.3 Å². The van der Waals surface area contributed by atoms with E-state index in [1.54, 1.807) is 6.92 Å². The van der Waals surface area contributed by atoms with Crippen LogP contribution >= 0.6 is 0 Å². The van der Waals surface area contributed by atoms with Gasteiger partial charge in [-0.1, -0.05) is 20.8 Å². The summed E-state index contributed by atoms with van der Waals surface area (Å²) in [7, 11) is 0. The van der Waals surface area contributed by atoms with E-state index in [4.69, 9.17) is 4.74 Å².